The van der Waals surface area contributed by atoms with Gasteiger partial charge in [-0.3, -0.25) is 4.79 Å². The Labute approximate surface area is 89.0 Å². The summed E-state index contributed by atoms with van der Waals surface area (Å²) >= 11 is 6.28. The van der Waals surface area contributed by atoms with Gasteiger partial charge in [-0.1, -0.05) is 12.2 Å². The average Bonchev–Trinajstić information content (AvgIpc) is 2.26. The lowest BCUT2D eigenvalue weighted by Gasteiger charge is -2.27. The molecule has 0 unspecified atom stereocenters. The second kappa shape index (κ2) is 3.91. The van der Waals surface area contributed by atoms with Crippen LogP contribution in [0.1, 0.15) is 20.8 Å². The third-order valence-corrected chi connectivity index (χ3v) is 2.87. The number of alkyl halides is 1. The van der Waals surface area contributed by atoms with Crippen molar-refractivity contribution in [3.05, 3.63) is 12.2 Å². The molecule has 0 bridgehead atoms. The zero-order valence-corrected chi connectivity index (χ0v) is 9.43. The highest BCUT2D eigenvalue weighted by Gasteiger charge is 2.49. The fourth-order valence-electron chi connectivity index (χ4n) is 1.60. The van der Waals surface area contributed by atoms with Crippen molar-refractivity contribution in [2.75, 3.05) is 6.61 Å². The maximum atomic E-state index is 10.8. The van der Waals surface area contributed by atoms with Gasteiger partial charge in [0.2, 0.25) is 6.29 Å². The molecule has 1 saturated heterocycles. The molecule has 1 aliphatic rings. The molecule has 0 amide bonds. The highest BCUT2D eigenvalue weighted by atomic mass is 35.5. The van der Waals surface area contributed by atoms with Crippen LogP contribution in [-0.2, 0) is 14.3 Å². The Morgan fingerprint density at radius 2 is 2.21 bits per heavy atom. The van der Waals surface area contributed by atoms with Gasteiger partial charge in [-0.15, -0.1) is 11.6 Å². The molecule has 1 heterocycles. The van der Waals surface area contributed by atoms with E-state index in [1.165, 1.54) is 6.92 Å². The highest BCUT2D eigenvalue weighted by Crippen LogP contribution is 2.41. The predicted molar refractivity (Wildman–Crippen MR) is 54.1 cm³/mol. The molecular formula is C10H15ClO3. The molecule has 14 heavy (non-hydrogen) atoms. The minimum atomic E-state index is -0.711. The minimum Gasteiger partial charge on any atom is -0.434 e. The molecule has 1 rings (SSSR count). The Bertz CT molecular complexity index is 260. The van der Waals surface area contributed by atoms with Crippen LogP contribution in [0.4, 0.5) is 0 Å². The van der Waals surface area contributed by atoms with E-state index < -0.39 is 11.2 Å². The first-order valence-electron chi connectivity index (χ1n) is 4.49. The van der Waals surface area contributed by atoms with Gasteiger partial charge in [-0.25, -0.2) is 0 Å². The van der Waals surface area contributed by atoms with Gasteiger partial charge in [-0.05, 0) is 13.8 Å². The molecule has 0 aromatic heterocycles. The van der Waals surface area contributed by atoms with Crippen LogP contribution in [0.15, 0.2) is 12.2 Å². The number of carbonyl (C=O) groups is 1. The lowest BCUT2D eigenvalue weighted by molar-refractivity contribution is -0.170. The Morgan fingerprint density at radius 3 is 2.57 bits per heavy atom. The third kappa shape index (κ3) is 2.10. The molecule has 3 atom stereocenters. The normalized spacial score (nSPS) is 36.9. The van der Waals surface area contributed by atoms with Crippen LogP contribution in [-0.4, -0.2) is 23.7 Å². The molecule has 1 aliphatic heterocycles. The Kier molecular flexibility index (Phi) is 3.22. The molecule has 0 saturated carbocycles. The maximum absolute atomic E-state index is 10.8. The zero-order chi connectivity index (χ0) is 10.9. The summed E-state index contributed by atoms with van der Waals surface area (Å²) in [6.45, 7) is 9.32. The summed E-state index contributed by atoms with van der Waals surface area (Å²) in [5, 5.41) is 0. The van der Waals surface area contributed by atoms with Crippen LogP contribution >= 0.6 is 11.6 Å². The molecule has 4 heteroatoms. The van der Waals surface area contributed by atoms with Crippen molar-refractivity contribution in [1.29, 1.82) is 0 Å². The van der Waals surface area contributed by atoms with Crippen LogP contribution < -0.4 is 0 Å². The number of halogens is 1. The zero-order valence-electron chi connectivity index (χ0n) is 8.67. The van der Waals surface area contributed by atoms with Gasteiger partial charge in [0.25, 0.3) is 0 Å². The van der Waals surface area contributed by atoms with Crippen LogP contribution in [0, 0.1) is 5.92 Å². The lowest BCUT2D eigenvalue weighted by atomic mass is 9.90. The summed E-state index contributed by atoms with van der Waals surface area (Å²) in [7, 11) is 0. The molecule has 1 fully saturated rings. The van der Waals surface area contributed by atoms with Crippen molar-refractivity contribution in [3.63, 3.8) is 0 Å². The Balaban J connectivity index is 2.75. The number of hydrogen-bond donors (Lipinski definition) is 0. The monoisotopic (exact) mass is 218 g/mol. The van der Waals surface area contributed by atoms with E-state index in [9.17, 15) is 4.79 Å². The van der Waals surface area contributed by atoms with E-state index >= 15 is 0 Å². The number of hydrogen-bond acceptors (Lipinski definition) is 3. The summed E-state index contributed by atoms with van der Waals surface area (Å²) in [4.78, 5) is 10.1. The minimum absolute atomic E-state index is 0.0218. The largest absolute Gasteiger partial charge is 0.434 e. The number of ether oxygens (including phenoxy) is 2. The van der Waals surface area contributed by atoms with E-state index in [1.54, 1.807) is 6.92 Å². The molecule has 0 spiro atoms. The molecular weight excluding hydrogens is 204 g/mol. The van der Waals surface area contributed by atoms with Crippen molar-refractivity contribution < 1.29 is 14.3 Å². The van der Waals surface area contributed by atoms with E-state index in [0.29, 0.717) is 6.61 Å². The SMILES string of the molecule is C=C(C)[C@@H]1CO[C@@H](OC(C)=O)[C@]1(C)Cl. The topological polar surface area (TPSA) is 35.5 Å². The van der Waals surface area contributed by atoms with E-state index in [0.717, 1.165) is 5.57 Å². The second-order valence-corrected chi connectivity index (χ2v) is 4.64. The van der Waals surface area contributed by atoms with Gasteiger partial charge >= 0.3 is 5.97 Å². The van der Waals surface area contributed by atoms with Gasteiger partial charge in [0.15, 0.2) is 0 Å². The molecule has 0 aromatic carbocycles. The van der Waals surface area contributed by atoms with Crippen molar-refractivity contribution >= 4 is 17.6 Å². The van der Waals surface area contributed by atoms with Crippen LogP contribution in [0.5, 0.6) is 0 Å². The molecule has 80 valence electrons. The van der Waals surface area contributed by atoms with Gasteiger partial charge in [0.05, 0.1) is 6.61 Å². The second-order valence-electron chi connectivity index (χ2n) is 3.82. The van der Waals surface area contributed by atoms with E-state index in [2.05, 4.69) is 6.58 Å². The van der Waals surface area contributed by atoms with Crippen LogP contribution in [0.25, 0.3) is 0 Å². The Morgan fingerprint density at radius 1 is 1.64 bits per heavy atom. The smallest absolute Gasteiger partial charge is 0.305 e. The fraction of sp³-hybridized carbons (Fsp3) is 0.700. The first-order valence-corrected chi connectivity index (χ1v) is 4.86. The molecule has 0 aliphatic carbocycles. The first-order chi connectivity index (χ1) is 6.35. The summed E-state index contributed by atoms with van der Waals surface area (Å²) in [5.74, 6) is -0.363. The lowest BCUT2D eigenvalue weighted by Crippen LogP contribution is -2.38. The summed E-state index contributed by atoms with van der Waals surface area (Å²) in [6, 6.07) is 0. The van der Waals surface area contributed by atoms with Crippen molar-refractivity contribution in [1.82, 2.24) is 0 Å². The molecule has 0 radical (unpaired) electrons. The van der Waals surface area contributed by atoms with Gasteiger partial charge in [-0.2, -0.15) is 0 Å². The number of rotatable bonds is 2. The van der Waals surface area contributed by atoms with Gasteiger partial charge < -0.3 is 9.47 Å². The quantitative estimate of drug-likeness (QED) is 0.405. The summed E-state index contributed by atoms with van der Waals surface area (Å²) in [6.07, 6.45) is -0.677. The average molecular weight is 219 g/mol. The van der Waals surface area contributed by atoms with E-state index in [1.807, 2.05) is 6.92 Å². The number of esters is 1. The van der Waals surface area contributed by atoms with Crippen molar-refractivity contribution in [2.45, 2.75) is 31.9 Å². The first kappa shape index (κ1) is 11.5. The predicted octanol–water partition coefficient (Wildman–Crippen LogP) is 2.10. The number of carbonyl (C=O) groups excluding carboxylic acids is 1. The van der Waals surface area contributed by atoms with Crippen molar-refractivity contribution in [2.24, 2.45) is 5.92 Å². The van der Waals surface area contributed by atoms with Crippen molar-refractivity contribution in [3.8, 4) is 0 Å². The van der Waals surface area contributed by atoms with Gasteiger partial charge in [0, 0.05) is 12.8 Å². The van der Waals surface area contributed by atoms with E-state index in [-0.39, 0.29) is 11.9 Å². The standard InChI is InChI=1S/C10H15ClO3/c1-6(2)8-5-13-9(10(8,4)11)14-7(3)12/h8-9H,1,5H2,2-4H3/t8-,9-,10+/m0/s1. The third-order valence-electron chi connectivity index (χ3n) is 2.42. The van der Waals surface area contributed by atoms with Gasteiger partial charge in [0.1, 0.15) is 4.87 Å². The fourth-order valence-corrected chi connectivity index (χ4v) is 1.95. The highest BCUT2D eigenvalue weighted by molar-refractivity contribution is 6.24. The maximum Gasteiger partial charge on any atom is 0.305 e. The summed E-state index contributed by atoms with van der Waals surface area (Å²) < 4.78 is 10.3. The summed E-state index contributed by atoms with van der Waals surface area (Å²) in [5.41, 5.74) is 0.942. The molecule has 3 nitrogen and oxygen atoms in total. The van der Waals surface area contributed by atoms with Crippen LogP contribution in [0.2, 0.25) is 0 Å². The molecule has 0 N–H and O–H groups in total. The van der Waals surface area contributed by atoms with Crippen LogP contribution in [0.3, 0.4) is 0 Å². The Hall–Kier alpha value is -0.540. The molecule has 0 aromatic rings. The van der Waals surface area contributed by atoms with E-state index in [4.69, 9.17) is 21.1 Å².